The Hall–Kier alpha value is -3.84. The third-order valence-corrected chi connectivity index (χ3v) is 19.9. The fourth-order valence-electron chi connectivity index (χ4n) is 13.5. The molecule has 1 aromatic carbocycles. The Balaban J connectivity index is 1.26. The van der Waals surface area contributed by atoms with Gasteiger partial charge >= 0.3 is 23.9 Å². The molecule has 7 rings (SSSR count). The van der Waals surface area contributed by atoms with Crippen LogP contribution < -0.4 is 0 Å². The first-order valence-electron chi connectivity index (χ1n) is 36.9. The molecule has 25 heteroatoms. The van der Waals surface area contributed by atoms with Gasteiger partial charge in [-0.05, 0) is 78.4 Å². The lowest BCUT2D eigenvalue weighted by atomic mass is 9.95. The zero-order valence-electron chi connectivity index (χ0n) is 59.3. The SMILES string of the molecule is CCCCCCCCCCCC(=O)O[C@H]1[C@H](O[C@@H]2[C@@H](O)[C@H]3OC(=O)CCCCCCCCCC[C@H](CCCCC)O[C@@H]4O[C@H](C)[C@H](O)[C@H](O)[C@H]4O[C@@H]3O[C@H]2C)O[C@@H](C)[C@H](O[C@@H]2O[C@@H](C)[C@H](OC(=O)[C@@H](C)CC)[C@@H](O)[C@H]2OC(=O)/C=C/c2ccccc2)[C@H]1O[C@@H]1O[C@@H](C)[C@H](O)[C@@H](O)[C@H]1O. The molecule has 0 unspecified atom stereocenters. The topological polar surface area (TPSA) is 339 Å². The Kier molecular flexibility index (Phi) is 34.5. The predicted octanol–water partition coefficient (Wildman–Crippen LogP) is 7.99. The van der Waals surface area contributed by atoms with Crippen LogP contribution in [0.1, 0.15) is 228 Å². The number of esters is 4. The lowest BCUT2D eigenvalue weighted by molar-refractivity contribution is -0.399. The first kappa shape index (κ1) is 81.5. The molecule has 0 bridgehead atoms. The molecule has 0 radical (unpaired) electrons. The van der Waals surface area contributed by atoms with Gasteiger partial charge in [-0.3, -0.25) is 14.4 Å². The Labute approximate surface area is 579 Å². The fourth-order valence-corrected chi connectivity index (χ4v) is 13.5. The van der Waals surface area contributed by atoms with Crippen molar-refractivity contribution in [3.63, 3.8) is 0 Å². The molecule has 0 amide bonds. The number of hydrogen-bond acceptors (Lipinski definition) is 25. The van der Waals surface area contributed by atoms with Crippen molar-refractivity contribution in [3.05, 3.63) is 42.0 Å². The number of unbranched alkanes of at least 4 members (excludes halogenated alkanes) is 10. The third-order valence-electron chi connectivity index (χ3n) is 19.9. The zero-order chi connectivity index (χ0) is 71.0. The maximum absolute atomic E-state index is 14.6. The predicted molar refractivity (Wildman–Crippen MR) is 355 cm³/mol. The van der Waals surface area contributed by atoms with Gasteiger partial charge in [0.05, 0.1) is 42.5 Å². The van der Waals surface area contributed by atoms with E-state index in [1.54, 1.807) is 58.0 Å². The first-order chi connectivity index (χ1) is 47.0. The van der Waals surface area contributed by atoms with Crippen LogP contribution in [0.4, 0.5) is 0 Å². The van der Waals surface area contributed by atoms with Crippen molar-refractivity contribution in [2.24, 2.45) is 5.92 Å². The molecule has 98 heavy (non-hydrogen) atoms. The molecule has 27 atom stereocenters. The van der Waals surface area contributed by atoms with Crippen LogP contribution in [0.15, 0.2) is 36.4 Å². The molecule has 0 spiro atoms. The standard InChI is InChI=1S/C73H118O25/c1-10-13-15-16-17-18-22-26-33-39-51(75)93-67-66(98-69-57(81)55(79)53(77)43(5)85-69)62(96-71-64(92-52(76)41-40-48-34-29-27-30-35-48)58(82)60(45(7)87-71)94-68(84)42(4)12-3)47(9)89-73(67)95-61-46(8)88-72-65(59(61)83)91-50(74)38-32-25-23-20-19-21-24-31-37-49(36-28-14-11-2)90-70-63(97-72)56(80)54(78)44(6)86-70/h27,29-30,34-35,40-47,49,53-67,69-73,77-83H,10-26,28,31-33,36-39H2,1-9H3/b41-40+/t42-,43-,44+,45-,46-,47-,49-,53-,54-,55+,56-,57+,58+,59+,60-,61-,62-,63+,64+,65+,66+,67+,69-,70-,71-,72-,73-/m0/s1. The van der Waals surface area contributed by atoms with Crippen molar-refractivity contribution in [2.45, 2.75) is 382 Å². The van der Waals surface area contributed by atoms with E-state index in [-0.39, 0.29) is 18.9 Å². The molecule has 0 saturated carbocycles. The van der Waals surface area contributed by atoms with Crippen molar-refractivity contribution in [1.29, 1.82) is 0 Å². The van der Waals surface area contributed by atoms with E-state index >= 15 is 0 Å². The van der Waals surface area contributed by atoms with Gasteiger partial charge < -0.3 is 102 Å². The van der Waals surface area contributed by atoms with Crippen LogP contribution in [-0.4, -0.2) is 219 Å². The number of carbonyl (C=O) groups is 4. The number of aliphatic hydroxyl groups excluding tert-OH is 7. The Morgan fingerprint density at radius 3 is 1.70 bits per heavy atom. The van der Waals surface area contributed by atoms with Gasteiger partial charge in [0.2, 0.25) is 0 Å². The van der Waals surface area contributed by atoms with Crippen molar-refractivity contribution in [3.8, 4) is 0 Å². The van der Waals surface area contributed by atoms with Crippen LogP contribution in [0.3, 0.4) is 0 Å². The molecule has 7 N–H and O–H groups in total. The van der Waals surface area contributed by atoms with Gasteiger partial charge in [-0.1, -0.05) is 174 Å². The molecule has 560 valence electrons. The second-order valence-corrected chi connectivity index (χ2v) is 27.8. The summed E-state index contributed by atoms with van der Waals surface area (Å²) >= 11 is 0. The van der Waals surface area contributed by atoms with E-state index < -0.39 is 183 Å². The highest BCUT2D eigenvalue weighted by Gasteiger charge is 2.59. The van der Waals surface area contributed by atoms with E-state index in [2.05, 4.69) is 13.8 Å². The van der Waals surface area contributed by atoms with Crippen molar-refractivity contribution < 1.29 is 121 Å². The van der Waals surface area contributed by atoms with Crippen molar-refractivity contribution in [2.75, 3.05) is 0 Å². The molecule has 6 aliphatic heterocycles. The summed E-state index contributed by atoms with van der Waals surface area (Å²) in [6.07, 6.45) is -16.6. The third kappa shape index (κ3) is 23.6. The summed E-state index contributed by atoms with van der Waals surface area (Å²) in [6, 6.07) is 8.86. The number of rotatable bonds is 27. The number of benzene rings is 1. The van der Waals surface area contributed by atoms with Crippen molar-refractivity contribution in [1.82, 2.24) is 0 Å². The molecule has 6 saturated heterocycles. The summed E-state index contributed by atoms with van der Waals surface area (Å²) in [5, 5.41) is 82.2. The minimum Gasteiger partial charge on any atom is -0.456 e. The maximum atomic E-state index is 14.6. The van der Waals surface area contributed by atoms with Gasteiger partial charge in [-0.15, -0.1) is 0 Å². The summed E-state index contributed by atoms with van der Waals surface area (Å²) in [6.45, 7) is 15.4. The van der Waals surface area contributed by atoms with E-state index in [0.717, 1.165) is 115 Å². The maximum Gasteiger partial charge on any atom is 0.331 e. The zero-order valence-corrected chi connectivity index (χ0v) is 59.3. The normalized spacial score (nSPS) is 38.4. The molecule has 6 heterocycles. The van der Waals surface area contributed by atoms with Gasteiger partial charge in [-0.25, -0.2) is 4.79 Å². The van der Waals surface area contributed by atoms with Gasteiger partial charge in [-0.2, -0.15) is 0 Å². The van der Waals surface area contributed by atoms with Crippen LogP contribution >= 0.6 is 0 Å². The second-order valence-electron chi connectivity index (χ2n) is 27.8. The number of hydrogen-bond donors (Lipinski definition) is 7. The number of fused-ring (bicyclic) bond motifs is 2. The molecule has 6 aliphatic rings. The lowest BCUT2D eigenvalue weighted by Crippen LogP contribution is -2.68. The first-order valence-corrected chi connectivity index (χ1v) is 36.9. The molecule has 0 aliphatic carbocycles. The number of aliphatic hydroxyl groups is 7. The second kappa shape index (κ2) is 41.5. The van der Waals surface area contributed by atoms with Crippen LogP contribution in [-0.2, 0) is 85.5 Å². The highest BCUT2D eigenvalue weighted by Crippen LogP contribution is 2.40. The van der Waals surface area contributed by atoms with E-state index in [4.69, 9.17) is 66.3 Å². The molecule has 0 aromatic heterocycles. The molecule has 6 fully saturated rings. The van der Waals surface area contributed by atoms with E-state index in [9.17, 15) is 54.9 Å². The summed E-state index contributed by atoms with van der Waals surface area (Å²) in [5.41, 5.74) is 0.646. The lowest BCUT2D eigenvalue weighted by Gasteiger charge is -2.51. The van der Waals surface area contributed by atoms with Gasteiger partial charge in [0.25, 0.3) is 0 Å². The molecular formula is C73H118O25. The summed E-state index contributed by atoms with van der Waals surface area (Å²) in [7, 11) is 0. The van der Waals surface area contributed by atoms with E-state index in [1.807, 2.05) is 0 Å². The smallest absolute Gasteiger partial charge is 0.331 e. The average Bonchev–Trinajstić information content (AvgIpc) is 0.766. The Morgan fingerprint density at radius 2 is 1.03 bits per heavy atom. The van der Waals surface area contributed by atoms with Crippen LogP contribution in [0.2, 0.25) is 0 Å². The van der Waals surface area contributed by atoms with Gasteiger partial charge in [0.1, 0.15) is 67.1 Å². The quantitative estimate of drug-likeness (QED) is 0.0190. The van der Waals surface area contributed by atoms with Crippen molar-refractivity contribution >= 4 is 30.0 Å². The largest absolute Gasteiger partial charge is 0.456 e. The highest BCUT2D eigenvalue weighted by atomic mass is 16.8. The Bertz CT molecular complexity index is 2510. The average molecular weight is 1400 g/mol. The monoisotopic (exact) mass is 1390 g/mol. The van der Waals surface area contributed by atoms with Crippen LogP contribution in [0.5, 0.6) is 0 Å². The van der Waals surface area contributed by atoms with Crippen LogP contribution in [0.25, 0.3) is 6.08 Å². The van der Waals surface area contributed by atoms with E-state index in [0.29, 0.717) is 44.1 Å². The highest BCUT2D eigenvalue weighted by molar-refractivity contribution is 5.87. The number of carbonyl (C=O) groups excluding carboxylic acids is 4. The molecule has 1 aromatic rings. The summed E-state index contributed by atoms with van der Waals surface area (Å²) < 4.78 is 90.1. The minimum atomic E-state index is -1.95. The van der Waals surface area contributed by atoms with E-state index in [1.165, 1.54) is 26.8 Å². The fraction of sp³-hybridized carbons (Fsp3) is 0.836. The van der Waals surface area contributed by atoms with Crippen LogP contribution in [0, 0.1) is 5.92 Å². The molecule has 25 nitrogen and oxygen atoms in total. The van der Waals surface area contributed by atoms with Gasteiger partial charge in [0.15, 0.2) is 55.9 Å². The summed E-state index contributed by atoms with van der Waals surface area (Å²) in [5.74, 6) is -3.66. The summed E-state index contributed by atoms with van der Waals surface area (Å²) in [4.78, 5) is 55.9. The van der Waals surface area contributed by atoms with Gasteiger partial charge in [0, 0.05) is 18.9 Å². The Morgan fingerprint density at radius 1 is 0.490 bits per heavy atom. The molecular weight excluding hydrogens is 1280 g/mol. The number of ether oxygens (including phenoxy) is 14. The minimum absolute atomic E-state index is 0.0392.